The fraction of sp³-hybridized carbons (Fsp3) is 0.188. The first-order valence-electron chi connectivity index (χ1n) is 7.33. The summed E-state index contributed by atoms with van der Waals surface area (Å²) in [4.78, 5) is 20.0. The average Bonchev–Trinajstić information content (AvgIpc) is 2.56. The number of hydrazine groups is 1. The maximum atomic E-state index is 11.9. The third-order valence-corrected chi connectivity index (χ3v) is 3.40. The summed E-state index contributed by atoms with van der Waals surface area (Å²) in [6, 6.07) is 6.35. The molecule has 1 aromatic heterocycles. The van der Waals surface area contributed by atoms with E-state index in [0.29, 0.717) is 27.8 Å². The molecule has 0 aliphatic carbocycles. The van der Waals surface area contributed by atoms with Crippen molar-refractivity contribution < 1.29 is 9.53 Å². The highest BCUT2D eigenvalue weighted by Gasteiger charge is 2.08. The first-order chi connectivity index (χ1) is 11.8. The van der Waals surface area contributed by atoms with E-state index >= 15 is 0 Å². The Kier molecular flexibility index (Phi) is 6.15. The van der Waals surface area contributed by atoms with Crippen LogP contribution in [0.4, 0.5) is 5.82 Å². The first kappa shape index (κ1) is 18.5. The molecule has 6 N–H and O–H groups in total. The second-order valence-corrected chi connectivity index (χ2v) is 5.72. The van der Waals surface area contributed by atoms with Crippen molar-refractivity contribution >= 4 is 23.4 Å². The lowest BCUT2D eigenvalue weighted by Crippen LogP contribution is -2.27. The Labute approximate surface area is 150 Å². The molecule has 0 unspecified atom stereocenters. The number of benzene rings is 1. The zero-order valence-electron chi connectivity index (χ0n) is 13.6. The normalized spacial score (nSPS) is 11.2. The molecule has 2 aromatic rings. The molecule has 1 aromatic carbocycles. The second-order valence-electron chi connectivity index (χ2n) is 5.29. The maximum absolute atomic E-state index is 11.9. The van der Waals surface area contributed by atoms with Gasteiger partial charge in [-0.05, 0) is 31.2 Å². The lowest BCUT2D eigenvalue weighted by Gasteiger charge is -2.16. The summed E-state index contributed by atoms with van der Waals surface area (Å²) in [5, 5.41) is 1.85. The monoisotopic (exact) mass is 362 g/mol. The number of aromatic nitrogens is 2. The van der Waals surface area contributed by atoms with Crippen LogP contribution in [-0.4, -0.2) is 27.6 Å². The van der Waals surface area contributed by atoms with E-state index in [0.717, 1.165) is 0 Å². The molecule has 0 atom stereocenters. The molecule has 0 bridgehead atoms. The molecule has 0 saturated carbocycles. The minimum absolute atomic E-state index is 0.102. The number of aryl methyl sites for hydroxylation is 1. The summed E-state index contributed by atoms with van der Waals surface area (Å²) in [5.74, 6) is 6.28. The number of rotatable bonds is 6. The summed E-state index contributed by atoms with van der Waals surface area (Å²) in [6.45, 7) is 1.90. The summed E-state index contributed by atoms with van der Waals surface area (Å²) in [6.07, 6.45) is 3.05. The van der Waals surface area contributed by atoms with Crippen LogP contribution < -0.4 is 17.3 Å². The molecule has 0 spiro atoms. The van der Waals surface area contributed by atoms with Gasteiger partial charge in [0.1, 0.15) is 18.2 Å². The quantitative estimate of drug-likeness (QED) is 0.398. The molecule has 0 radical (unpaired) electrons. The fourth-order valence-electron chi connectivity index (χ4n) is 1.95. The van der Waals surface area contributed by atoms with Crippen LogP contribution in [0.2, 0.25) is 5.02 Å². The van der Waals surface area contributed by atoms with Gasteiger partial charge in [0.25, 0.3) is 0 Å². The van der Waals surface area contributed by atoms with E-state index in [-0.39, 0.29) is 18.8 Å². The molecule has 9 heteroatoms. The van der Waals surface area contributed by atoms with Gasteiger partial charge in [0.15, 0.2) is 0 Å². The van der Waals surface area contributed by atoms with Crippen molar-refractivity contribution in [2.24, 2.45) is 11.6 Å². The van der Waals surface area contributed by atoms with Gasteiger partial charge >= 0.3 is 5.97 Å². The molecule has 0 amide bonds. The molecule has 0 fully saturated rings. The highest BCUT2D eigenvalue weighted by molar-refractivity contribution is 6.30. The van der Waals surface area contributed by atoms with E-state index < -0.39 is 5.97 Å². The van der Waals surface area contributed by atoms with Crippen molar-refractivity contribution in [1.82, 2.24) is 15.0 Å². The summed E-state index contributed by atoms with van der Waals surface area (Å²) in [5.41, 5.74) is 12.9. The third kappa shape index (κ3) is 5.63. The van der Waals surface area contributed by atoms with Crippen molar-refractivity contribution in [3.63, 3.8) is 0 Å². The van der Waals surface area contributed by atoms with Gasteiger partial charge in [-0.15, -0.1) is 0 Å². The Morgan fingerprint density at radius 3 is 2.68 bits per heavy atom. The zero-order valence-corrected chi connectivity index (χ0v) is 14.4. The van der Waals surface area contributed by atoms with Gasteiger partial charge in [-0.1, -0.05) is 11.6 Å². The molecule has 132 valence electrons. The molecular formula is C16H19ClN6O2. The number of hydrogen-bond donors (Lipinski definition) is 3. The van der Waals surface area contributed by atoms with Crippen LogP contribution in [0.15, 0.2) is 42.4 Å². The number of anilines is 1. The van der Waals surface area contributed by atoms with Gasteiger partial charge in [-0.3, -0.25) is 0 Å². The predicted octanol–water partition coefficient (Wildman–Crippen LogP) is 1.35. The maximum Gasteiger partial charge on any atom is 0.338 e. The van der Waals surface area contributed by atoms with Crippen LogP contribution in [0.25, 0.3) is 0 Å². The number of ether oxygens (including phenoxy) is 1. The smallest absolute Gasteiger partial charge is 0.338 e. The minimum atomic E-state index is -0.507. The van der Waals surface area contributed by atoms with Crippen molar-refractivity contribution in [3.8, 4) is 0 Å². The van der Waals surface area contributed by atoms with E-state index in [9.17, 15) is 4.79 Å². The first-order valence-corrected chi connectivity index (χ1v) is 7.71. The van der Waals surface area contributed by atoms with Crippen LogP contribution in [-0.2, 0) is 11.3 Å². The molecule has 25 heavy (non-hydrogen) atoms. The Hall–Kier alpha value is -2.84. The largest absolute Gasteiger partial charge is 0.456 e. The van der Waals surface area contributed by atoms with Crippen molar-refractivity contribution in [3.05, 3.63) is 64.3 Å². The second kappa shape index (κ2) is 8.32. The summed E-state index contributed by atoms with van der Waals surface area (Å²) >= 11 is 5.77. The van der Waals surface area contributed by atoms with Crippen LogP contribution in [0.5, 0.6) is 0 Å². The number of nitrogen functional groups attached to an aromatic ring is 1. The van der Waals surface area contributed by atoms with Gasteiger partial charge in [-0.2, -0.15) is 0 Å². The number of halogens is 1. The van der Waals surface area contributed by atoms with E-state index in [1.807, 2.05) is 0 Å². The molecule has 8 nitrogen and oxygen atoms in total. The molecule has 2 rings (SSSR count). The van der Waals surface area contributed by atoms with Gasteiger partial charge in [-0.25, -0.2) is 20.6 Å². The minimum Gasteiger partial charge on any atom is -0.456 e. The van der Waals surface area contributed by atoms with Crippen LogP contribution in [0.3, 0.4) is 0 Å². The highest BCUT2D eigenvalue weighted by atomic mass is 35.5. The predicted molar refractivity (Wildman–Crippen MR) is 94.9 cm³/mol. The van der Waals surface area contributed by atoms with Gasteiger partial charge in [0.05, 0.1) is 17.8 Å². The lowest BCUT2D eigenvalue weighted by molar-refractivity contribution is 0.0537. The standard InChI is InChI=1S/C16H19ClN6O2/c1-10-21-6-12(15(19)22-10)7-23(20)8-14(18)9-25-16(24)11-2-4-13(17)5-3-11/h2-6,8H,7,9,18,20H2,1H3,(H2,19,21,22)/b14-8-. The van der Waals surface area contributed by atoms with Crippen molar-refractivity contribution in [2.75, 3.05) is 12.3 Å². The SMILES string of the molecule is Cc1ncc(CN(N)/C=C(\N)COC(=O)c2ccc(Cl)cc2)c(N)n1. The summed E-state index contributed by atoms with van der Waals surface area (Å²) in [7, 11) is 0. The van der Waals surface area contributed by atoms with Gasteiger partial charge in [0.2, 0.25) is 0 Å². The number of hydrogen-bond acceptors (Lipinski definition) is 8. The third-order valence-electron chi connectivity index (χ3n) is 3.15. The topological polar surface area (TPSA) is 133 Å². The Morgan fingerprint density at radius 2 is 2.04 bits per heavy atom. The van der Waals surface area contributed by atoms with Crippen molar-refractivity contribution in [1.29, 1.82) is 0 Å². The molecule has 0 aliphatic rings. The van der Waals surface area contributed by atoms with E-state index in [2.05, 4.69) is 9.97 Å². The molecule has 1 heterocycles. The van der Waals surface area contributed by atoms with Crippen molar-refractivity contribution in [2.45, 2.75) is 13.5 Å². The molecule has 0 saturated heterocycles. The number of nitrogens with two attached hydrogens (primary N) is 3. The average molecular weight is 363 g/mol. The Bertz CT molecular complexity index is 779. The van der Waals surface area contributed by atoms with Gasteiger partial charge in [0, 0.05) is 23.0 Å². The highest BCUT2D eigenvalue weighted by Crippen LogP contribution is 2.11. The van der Waals surface area contributed by atoms with Gasteiger partial charge < -0.3 is 21.2 Å². The molecule has 0 aliphatic heterocycles. The fourth-order valence-corrected chi connectivity index (χ4v) is 2.07. The Balaban J connectivity index is 1.89. The Morgan fingerprint density at radius 1 is 1.36 bits per heavy atom. The van der Waals surface area contributed by atoms with Crippen LogP contribution in [0.1, 0.15) is 21.7 Å². The molecular weight excluding hydrogens is 344 g/mol. The zero-order chi connectivity index (χ0) is 18.4. The number of carbonyl (C=O) groups is 1. The number of carbonyl (C=O) groups excluding carboxylic acids is 1. The van der Waals surface area contributed by atoms with Crippen LogP contribution in [0, 0.1) is 6.92 Å². The van der Waals surface area contributed by atoms with E-state index in [1.54, 1.807) is 37.4 Å². The number of nitrogens with zero attached hydrogens (tertiary/aromatic N) is 3. The summed E-state index contributed by atoms with van der Waals surface area (Å²) < 4.78 is 5.11. The number of esters is 1. The van der Waals surface area contributed by atoms with E-state index in [4.69, 9.17) is 33.6 Å². The van der Waals surface area contributed by atoms with Crippen LogP contribution >= 0.6 is 11.6 Å². The van der Waals surface area contributed by atoms with E-state index in [1.165, 1.54) is 11.2 Å². The lowest BCUT2D eigenvalue weighted by atomic mass is 10.2.